The zero-order valence-corrected chi connectivity index (χ0v) is 18.5. The van der Waals surface area contributed by atoms with Crippen molar-refractivity contribution in [3.63, 3.8) is 0 Å². The molecule has 158 valence electrons. The van der Waals surface area contributed by atoms with Gasteiger partial charge in [-0.25, -0.2) is 8.42 Å². The Morgan fingerprint density at radius 1 is 1.07 bits per heavy atom. The molecule has 0 fully saturated rings. The lowest BCUT2D eigenvalue weighted by atomic mass is 10.0. The van der Waals surface area contributed by atoms with E-state index in [0.717, 1.165) is 21.7 Å². The number of nitrogens with one attached hydrogen (secondary N) is 1. The van der Waals surface area contributed by atoms with E-state index < -0.39 is 15.9 Å². The molecule has 0 heterocycles. The molecule has 1 atom stereocenters. The van der Waals surface area contributed by atoms with Gasteiger partial charge in [-0.3, -0.25) is 9.10 Å². The number of aryl methyl sites for hydroxylation is 2. The fourth-order valence-electron chi connectivity index (χ4n) is 2.91. The second-order valence-corrected chi connectivity index (χ2v) is 8.85. The number of nitrogens with zero attached hydrogens (tertiary/aromatic N) is 1. The van der Waals surface area contributed by atoms with Crippen molar-refractivity contribution in [1.82, 2.24) is 5.32 Å². The summed E-state index contributed by atoms with van der Waals surface area (Å²) in [6, 6.07) is 10.4. The van der Waals surface area contributed by atoms with Gasteiger partial charge in [0.05, 0.1) is 32.2 Å². The number of rotatable bonds is 8. The zero-order chi connectivity index (χ0) is 21.8. The van der Waals surface area contributed by atoms with Gasteiger partial charge < -0.3 is 14.8 Å². The summed E-state index contributed by atoms with van der Waals surface area (Å²) in [7, 11) is -0.791. The largest absolute Gasteiger partial charge is 0.497 e. The number of benzene rings is 2. The van der Waals surface area contributed by atoms with Crippen molar-refractivity contribution < 1.29 is 22.7 Å². The van der Waals surface area contributed by atoms with Crippen molar-refractivity contribution in [3.05, 3.63) is 53.1 Å². The van der Waals surface area contributed by atoms with Crippen LogP contribution >= 0.6 is 0 Å². The van der Waals surface area contributed by atoms with E-state index in [-0.39, 0.29) is 18.3 Å². The first-order chi connectivity index (χ1) is 13.6. The standard InChI is InChI=1S/C21H28N2O5S/c1-14-7-8-17(11-15(14)2)16(3)22-21(24)13-23(29(6,25)26)19-10-9-18(27-4)12-20(19)28-5/h7-12,16H,13H2,1-6H3,(H,22,24)/t16-/m0/s1. The Morgan fingerprint density at radius 3 is 2.31 bits per heavy atom. The first kappa shape index (κ1) is 22.5. The molecule has 29 heavy (non-hydrogen) atoms. The van der Waals surface area contributed by atoms with E-state index in [9.17, 15) is 13.2 Å². The maximum Gasteiger partial charge on any atom is 0.241 e. The normalized spacial score (nSPS) is 12.2. The number of hydrogen-bond donors (Lipinski definition) is 1. The van der Waals surface area contributed by atoms with Crippen LogP contribution < -0.4 is 19.1 Å². The van der Waals surface area contributed by atoms with Gasteiger partial charge in [-0.2, -0.15) is 0 Å². The van der Waals surface area contributed by atoms with E-state index in [0.29, 0.717) is 11.5 Å². The number of hydrogen-bond acceptors (Lipinski definition) is 5. The third kappa shape index (κ3) is 5.63. The van der Waals surface area contributed by atoms with Gasteiger partial charge in [0, 0.05) is 6.07 Å². The fourth-order valence-corrected chi connectivity index (χ4v) is 3.77. The van der Waals surface area contributed by atoms with Crippen LogP contribution in [0.15, 0.2) is 36.4 Å². The molecule has 7 nitrogen and oxygen atoms in total. The van der Waals surface area contributed by atoms with Crippen LogP contribution in [-0.2, 0) is 14.8 Å². The average Bonchev–Trinajstić information content (AvgIpc) is 2.66. The maximum atomic E-state index is 12.6. The number of sulfonamides is 1. The lowest BCUT2D eigenvalue weighted by molar-refractivity contribution is -0.120. The van der Waals surface area contributed by atoms with E-state index in [1.54, 1.807) is 18.2 Å². The molecule has 0 aliphatic heterocycles. The van der Waals surface area contributed by atoms with Crippen molar-refractivity contribution in [2.45, 2.75) is 26.8 Å². The highest BCUT2D eigenvalue weighted by molar-refractivity contribution is 7.92. The Balaban J connectivity index is 2.25. The minimum Gasteiger partial charge on any atom is -0.497 e. The monoisotopic (exact) mass is 420 g/mol. The molecule has 0 saturated heterocycles. The molecule has 2 aromatic rings. The number of carbonyl (C=O) groups is 1. The Labute approximate surface area is 172 Å². The molecule has 1 amide bonds. The molecule has 2 aromatic carbocycles. The Kier molecular flexibility index (Phi) is 7.13. The van der Waals surface area contributed by atoms with Gasteiger partial charge in [0.15, 0.2) is 0 Å². The van der Waals surface area contributed by atoms with Crippen LogP contribution in [-0.4, -0.2) is 41.3 Å². The smallest absolute Gasteiger partial charge is 0.241 e. The van der Waals surface area contributed by atoms with Crippen LogP contribution in [0.2, 0.25) is 0 Å². The highest BCUT2D eigenvalue weighted by atomic mass is 32.2. The number of ether oxygens (including phenoxy) is 2. The molecule has 0 unspecified atom stereocenters. The van der Waals surface area contributed by atoms with Crippen molar-refractivity contribution in [1.29, 1.82) is 0 Å². The molecule has 0 spiro atoms. The summed E-state index contributed by atoms with van der Waals surface area (Å²) in [6.45, 7) is 5.53. The third-order valence-electron chi connectivity index (χ3n) is 4.75. The molecule has 0 radical (unpaired) electrons. The summed E-state index contributed by atoms with van der Waals surface area (Å²) in [4.78, 5) is 12.6. The average molecular weight is 421 g/mol. The first-order valence-electron chi connectivity index (χ1n) is 9.13. The van der Waals surface area contributed by atoms with E-state index in [2.05, 4.69) is 5.32 Å². The summed E-state index contributed by atoms with van der Waals surface area (Å²) >= 11 is 0. The zero-order valence-electron chi connectivity index (χ0n) is 17.6. The van der Waals surface area contributed by atoms with Crippen LogP contribution in [0.5, 0.6) is 11.5 Å². The van der Waals surface area contributed by atoms with Gasteiger partial charge in [0.1, 0.15) is 18.0 Å². The molecule has 1 N–H and O–H groups in total. The predicted octanol–water partition coefficient (Wildman–Crippen LogP) is 2.96. The lowest BCUT2D eigenvalue weighted by Gasteiger charge is -2.25. The predicted molar refractivity (Wildman–Crippen MR) is 114 cm³/mol. The number of methoxy groups -OCH3 is 2. The maximum absolute atomic E-state index is 12.6. The van der Waals surface area contributed by atoms with Crippen molar-refractivity contribution >= 4 is 21.6 Å². The fraction of sp³-hybridized carbons (Fsp3) is 0.381. The van der Waals surface area contributed by atoms with Crippen molar-refractivity contribution in [2.24, 2.45) is 0 Å². The van der Waals surface area contributed by atoms with Crippen molar-refractivity contribution in [3.8, 4) is 11.5 Å². The number of amides is 1. The highest BCUT2D eigenvalue weighted by Crippen LogP contribution is 2.33. The molecule has 2 rings (SSSR count). The second kappa shape index (κ2) is 9.17. The highest BCUT2D eigenvalue weighted by Gasteiger charge is 2.25. The van der Waals surface area contributed by atoms with E-state index >= 15 is 0 Å². The van der Waals surface area contributed by atoms with E-state index in [1.165, 1.54) is 19.8 Å². The summed E-state index contributed by atoms with van der Waals surface area (Å²) in [5.74, 6) is 0.399. The van der Waals surface area contributed by atoms with Crippen LogP contribution in [0.25, 0.3) is 0 Å². The minimum absolute atomic E-state index is 0.263. The Bertz CT molecular complexity index is 989. The molecule has 0 aliphatic rings. The van der Waals surface area contributed by atoms with Gasteiger partial charge in [-0.15, -0.1) is 0 Å². The molecular weight excluding hydrogens is 392 g/mol. The lowest BCUT2D eigenvalue weighted by Crippen LogP contribution is -2.41. The number of anilines is 1. The molecule has 0 saturated carbocycles. The van der Waals surface area contributed by atoms with Crippen LogP contribution in [0.3, 0.4) is 0 Å². The van der Waals surface area contributed by atoms with Gasteiger partial charge >= 0.3 is 0 Å². The quantitative estimate of drug-likeness (QED) is 0.710. The first-order valence-corrected chi connectivity index (χ1v) is 11.0. The van der Waals surface area contributed by atoms with E-state index in [1.807, 2.05) is 39.0 Å². The van der Waals surface area contributed by atoms with Gasteiger partial charge in [-0.05, 0) is 49.6 Å². The summed E-state index contributed by atoms with van der Waals surface area (Å²) in [5.41, 5.74) is 3.52. The molecular formula is C21H28N2O5S. The topological polar surface area (TPSA) is 84.9 Å². The van der Waals surface area contributed by atoms with Crippen molar-refractivity contribution in [2.75, 3.05) is 31.3 Å². The summed E-state index contributed by atoms with van der Waals surface area (Å²) < 4.78 is 36.2. The van der Waals surface area contributed by atoms with Crippen LogP contribution in [0.1, 0.15) is 29.7 Å². The van der Waals surface area contributed by atoms with E-state index in [4.69, 9.17) is 9.47 Å². The molecule has 0 bridgehead atoms. The Hall–Kier alpha value is -2.74. The van der Waals surface area contributed by atoms with Gasteiger partial charge in [0.2, 0.25) is 15.9 Å². The SMILES string of the molecule is COc1ccc(N(CC(=O)N[C@@H](C)c2ccc(C)c(C)c2)S(C)(=O)=O)c(OC)c1. The molecule has 0 aromatic heterocycles. The van der Waals surface area contributed by atoms with Gasteiger partial charge in [-0.1, -0.05) is 18.2 Å². The molecule has 8 heteroatoms. The number of carbonyl (C=O) groups excluding carboxylic acids is 1. The Morgan fingerprint density at radius 2 is 1.76 bits per heavy atom. The van der Waals surface area contributed by atoms with Gasteiger partial charge in [0.25, 0.3) is 0 Å². The summed E-state index contributed by atoms with van der Waals surface area (Å²) in [6.07, 6.45) is 1.05. The second-order valence-electron chi connectivity index (χ2n) is 6.94. The summed E-state index contributed by atoms with van der Waals surface area (Å²) in [5, 5.41) is 2.86. The molecule has 0 aliphatic carbocycles. The van der Waals surface area contributed by atoms with Crippen LogP contribution in [0.4, 0.5) is 5.69 Å². The third-order valence-corrected chi connectivity index (χ3v) is 5.88. The van der Waals surface area contributed by atoms with Crippen LogP contribution in [0, 0.1) is 13.8 Å². The minimum atomic E-state index is -3.73.